The van der Waals surface area contributed by atoms with Gasteiger partial charge in [-0.15, -0.1) is 11.3 Å². The van der Waals surface area contributed by atoms with Crippen molar-refractivity contribution in [3.05, 3.63) is 27.5 Å². The normalized spacial score (nSPS) is 14.1. The second-order valence-corrected chi connectivity index (χ2v) is 6.89. The Morgan fingerprint density at radius 2 is 2.14 bits per heavy atom. The molecule has 5 nitrogen and oxygen atoms in total. The third kappa shape index (κ3) is 3.03. The Bertz CT molecular complexity index is 724. The van der Waals surface area contributed by atoms with E-state index in [1.54, 1.807) is 0 Å². The number of fused-ring (bicyclic) bond motifs is 1. The predicted molar refractivity (Wildman–Crippen MR) is 87.4 cm³/mol. The van der Waals surface area contributed by atoms with Crippen molar-refractivity contribution in [3.63, 3.8) is 0 Å². The van der Waals surface area contributed by atoms with Gasteiger partial charge >= 0.3 is 0 Å². The summed E-state index contributed by atoms with van der Waals surface area (Å²) in [6, 6.07) is 5.99. The average molecular weight is 368 g/mol. The van der Waals surface area contributed by atoms with Crippen LogP contribution in [0.4, 0.5) is 5.69 Å². The van der Waals surface area contributed by atoms with Crippen molar-refractivity contribution in [1.29, 1.82) is 0 Å². The van der Waals surface area contributed by atoms with Gasteiger partial charge in [-0.05, 0) is 25.0 Å². The quantitative estimate of drug-likeness (QED) is 0.774. The Balaban J connectivity index is 1.73. The van der Waals surface area contributed by atoms with Crippen molar-refractivity contribution in [1.82, 2.24) is 10.6 Å². The molecule has 1 heterocycles. The van der Waals surface area contributed by atoms with Crippen LogP contribution in [0.5, 0.6) is 0 Å². The van der Waals surface area contributed by atoms with E-state index in [1.165, 1.54) is 11.3 Å². The molecular weight excluding hydrogens is 354 g/mol. The molecule has 4 N–H and O–H groups in total. The number of carbonyl (C=O) groups excluding carboxylic acids is 2. The minimum Gasteiger partial charge on any atom is -0.397 e. The van der Waals surface area contributed by atoms with Crippen molar-refractivity contribution in [2.45, 2.75) is 18.9 Å². The number of hydrogen-bond acceptors (Lipinski definition) is 4. The number of thiophene rings is 1. The highest BCUT2D eigenvalue weighted by molar-refractivity contribution is 9.10. The van der Waals surface area contributed by atoms with Crippen molar-refractivity contribution in [3.8, 4) is 0 Å². The van der Waals surface area contributed by atoms with Crippen LogP contribution in [0.1, 0.15) is 22.5 Å². The molecule has 0 aliphatic heterocycles. The molecule has 0 bridgehead atoms. The van der Waals surface area contributed by atoms with Crippen molar-refractivity contribution in [2.75, 3.05) is 12.3 Å². The summed E-state index contributed by atoms with van der Waals surface area (Å²) in [7, 11) is 0. The van der Waals surface area contributed by atoms with Crippen LogP contribution in [0.3, 0.4) is 0 Å². The van der Waals surface area contributed by atoms with Gasteiger partial charge in [-0.1, -0.05) is 22.0 Å². The Kier molecular flexibility index (Phi) is 3.86. The molecule has 0 saturated heterocycles. The molecule has 1 aliphatic carbocycles. The van der Waals surface area contributed by atoms with E-state index in [4.69, 9.17) is 5.73 Å². The largest absolute Gasteiger partial charge is 0.397 e. The maximum atomic E-state index is 12.2. The minimum absolute atomic E-state index is 0.0236. The number of halogens is 1. The summed E-state index contributed by atoms with van der Waals surface area (Å²) >= 11 is 4.76. The van der Waals surface area contributed by atoms with Crippen LogP contribution in [-0.2, 0) is 4.79 Å². The van der Waals surface area contributed by atoms with Crippen LogP contribution in [0.2, 0.25) is 0 Å². The van der Waals surface area contributed by atoms with Gasteiger partial charge < -0.3 is 16.4 Å². The fraction of sp³-hybridized carbons (Fsp3) is 0.286. The van der Waals surface area contributed by atoms with Crippen LogP contribution in [0.15, 0.2) is 22.7 Å². The zero-order valence-corrected chi connectivity index (χ0v) is 13.5. The maximum absolute atomic E-state index is 12.2. The minimum atomic E-state index is -0.313. The highest BCUT2D eigenvalue weighted by atomic mass is 79.9. The van der Waals surface area contributed by atoms with E-state index >= 15 is 0 Å². The summed E-state index contributed by atoms with van der Waals surface area (Å²) in [6.45, 7) is -0.0236. The first-order valence-corrected chi connectivity index (χ1v) is 8.21. The summed E-state index contributed by atoms with van der Waals surface area (Å²) in [5.74, 6) is -0.474. The number of nitrogen functional groups attached to an aromatic ring is 1. The number of carbonyl (C=O) groups is 2. The summed E-state index contributed by atoms with van der Waals surface area (Å²) < 4.78 is 1.80. The summed E-state index contributed by atoms with van der Waals surface area (Å²) in [6.07, 6.45) is 2.05. The molecule has 1 fully saturated rings. The smallest absolute Gasteiger partial charge is 0.263 e. The summed E-state index contributed by atoms with van der Waals surface area (Å²) in [5, 5.41) is 6.28. The number of nitrogens with two attached hydrogens (primary N) is 1. The zero-order chi connectivity index (χ0) is 15.0. The van der Waals surface area contributed by atoms with Crippen LogP contribution in [0, 0.1) is 0 Å². The van der Waals surface area contributed by atoms with Gasteiger partial charge in [0.2, 0.25) is 5.91 Å². The van der Waals surface area contributed by atoms with Crippen molar-refractivity contribution >= 4 is 54.9 Å². The lowest BCUT2D eigenvalue weighted by Crippen LogP contribution is -2.37. The SMILES string of the molecule is Nc1c(C(=O)NCC(=O)NC2CC2)sc2cccc(Br)c12. The molecule has 2 aromatic rings. The molecule has 110 valence electrons. The first-order chi connectivity index (χ1) is 10.1. The zero-order valence-electron chi connectivity index (χ0n) is 11.1. The lowest BCUT2D eigenvalue weighted by atomic mass is 10.2. The molecular formula is C14H14BrN3O2S. The van der Waals surface area contributed by atoms with E-state index in [1.807, 2.05) is 18.2 Å². The van der Waals surface area contributed by atoms with Crippen LogP contribution in [0.25, 0.3) is 10.1 Å². The number of rotatable bonds is 4. The number of nitrogens with one attached hydrogen (secondary N) is 2. The van der Waals surface area contributed by atoms with Gasteiger partial charge in [0, 0.05) is 20.6 Å². The third-order valence-corrected chi connectivity index (χ3v) is 5.09. The summed E-state index contributed by atoms with van der Waals surface area (Å²) in [4.78, 5) is 24.2. The first kappa shape index (κ1) is 14.3. The highest BCUT2D eigenvalue weighted by Gasteiger charge is 2.24. The predicted octanol–water partition coefficient (Wildman–Crippen LogP) is 2.25. The number of amides is 2. The summed E-state index contributed by atoms with van der Waals surface area (Å²) in [5.41, 5.74) is 6.50. The maximum Gasteiger partial charge on any atom is 0.263 e. The monoisotopic (exact) mass is 367 g/mol. The molecule has 3 rings (SSSR count). The Morgan fingerprint density at radius 3 is 2.81 bits per heavy atom. The molecule has 0 unspecified atom stereocenters. The molecule has 2 amide bonds. The van der Waals surface area contributed by atoms with Gasteiger partial charge in [0.15, 0.2) is 0 Å². The van der Waals surface area contributed by atoms with Crippen LogP contribution >= 0.6 is 27.3 Å². The Hall–Kier alpha value is -1.60. The van der Waals surface area contributed by atoms with E-state index in [9.17, 15) is 9.59 Å². The molecule has 0 spiro atoms. The van der Waals surface area contributed by atoms with E-state index < -0.39 is 0 Å². The fourth-order valence-corrected chi connectivity index (χ4v) is 3.82. The van der Waals surface area contributed by atoms with Crippen molar-refractivity contribution in [2.24, 2.45) is 0 Å². The molecule has 1 aliphatic rings. The fourth-order valence-electron chi connectivity index (χ4n) is 2.05. The Labute approximate surface area is 134 Å². The second-order valence-electron chi connectivity index (χ2n) is 4.98. The molecule has 1 saturated carbocycles. The first-order valence-electron chi connectivity index (χ1n) is 6.60. The van der Waals surface area contributed by atoms with Gasteiger partial charge in [-0.2, -0.15) is 0 Å². The van der Waals surface area contributed by atoms with Crippen molar-refractivity contribution < 1.29 is 9.59 Å². The van der Waals surface area contributed by atoms with E-state index in [0.29, 0.717) is 16.6 Å². The third-order valence-electron chi connectivity index (χ3n) is 3.26. The second kappa shape index (κ2) is 5.65. The van der Waals surface area contributed by atoms with Crippen LogP contribution < -0.4 is 16.4 Å². The molecule has 7 heteroatoms. The molecule has 1 aromatic heterocycles. The molecule has 21 heavy (non-hydrogen) atoms. The van der Waals surface area contributed by atoms with Crippen LogP contribution in [-0.4, -0.2) is 24.4 Å². The number of hydrogen-bond donors (Lipinski definition) is 3. The Morgan fingerprint density at radius 1 is 1.38 bits per heavy atom. The van der Waals surface area contributed by atoms with E-state index in [-0.39, 0.29) is 18.4 Å². The van der Waals surface area contributed by atoms with Gasteiger partial charge in [-0.25, -0.2) is 0 Å². The van der Waals surface area contributed by atoms with Gasteiger partial charge in [-0.3, -0.25) is 9.59 Å². The highest BCUT2D eigenvalue weighted by Crippen LogP contribution is 2.37. The van der Waals surface area contributed by atoms with E-state index in [2.05, 4.69) is 26.6 Å². The number of anilines is 1. The lowest BCUT2D eigenvalue weighted by molar-refractivity contribution is -0.120. The van der Waals surface area contributed by atoms with Gasteiger partial charge in [0.25, 0.3) is 5.91 Å². The molecule has 0 radical (unpaired) electrons. The molecule has 0 atom stereocenters. The standard InChI is InChI=1S/C14H14BrN3O2S/c15-8-2-1-3-9-11(8)12(16)13(21-9)14(20)17-6-10(19)18-7-4-5-7/h1-3,7H,4-6,16H2,(H,17,20)(H,18,19). The van der Waals surface area contributed by atoms with Gasteiger partial charge in [0.1, 0.15) is 4.88 Å². The lowest BCUT2D eigenvalue weighted by Gasteiger charge is -2.05. The van der Waals surface area contributed by atoms with E-state index in [0.717, 1.165) is 27.4 Å². The molecule has 1 aromatic carbocycles. The topological polar surface area (TPSA) is 84.2 Å². The average Bonchev–Trinajstić information content (AvgIpc) is 3.19. The van der Waals surface area contributed by atoms with Gasteiger partial charge in [0.05, 0.1) is 12.2 Å². The number of benzene rings is 1.